The second-order valence-corrected chi connectivity index (χ2v) is 2.49. The normalized spacial score (nSPS) is 9.62. The minimum absolute atomic E-state index is 0.343. The predicted octanol–water partition coefficient (Wildman–Crippen LogP) is -0.203. The van der Waals surface area contributed by atoms with Crippen LogP contribution in [0.2, 0.25) is 0 Å². The van der Waals surface area contributed by atoms with Gasteiger partial charge in [-0.3, -0.25) is 9.59 Å². The zero-order valence-electron chi connectivity index (χ0n) is 7.03. The van der Waals surface area contributed by atoms with Gasteiger partial charge in [0, 0.05) is 0 Å². The molecule has 1 aromatic rings. The lowest BCUT2D eigenvalue weighted by Gasteiger charge is -1.99. The van der Waals surface area contributed by atoms with Crippen LogP contribution in [-0.4, -0.2) is 17.0 Å². The Labute approximate surface area is 74.1 Å². The highest BCUT2D eigenvalue weighted by Gasteiger charge is 2.09. The fraction of sp³-hybridized carbons (Fsp3) is 0.286. The van der Waals surface area contributed by atoms with Crippen LogP contribution in [0.5, 0.6) is 0 Å². The number of carbonyl (C=O) groups excluding carboxylic acids is 2. The van der Waals surface area contributed by atoms with Crippen LogP contribution in [0, 0.1) is 6.92 Å². The van der Waals surface area contributed by atoms with E-state index in [1.54, 1.807) is 6.92 Å². The van der Waals surface area contributed by atoms with Crippen molar-refractivity contribution in [3.05, 3.63) is 12.0 Å². The van der Waals surface area contributed by atoms with E-state index in [2.05, 4.69) is 15.0 Å². The third-order valence-electron chi connectivity index (χ3n) is 1.36. The first kappa shape index (κ1) is 9.24. The summed E-state index contributed by atoms with van der Waals surface area (Å²) < 4.78 is 4.69. The quantitative estimate of drug-likeness (QED) is 0.634. The third-order valence-corrected chi connectivity index (χ3v) is 1.36. The lowest BCUT2D eigenvalue weighted by Crippen LogP contribution is -2.21. The number of amides is 2. The minimum atomic E-state index is -0.674. The Kier molecular flexibility index (Phi) is 2.63. The summed E-state index contributed by atoms with van der Waals surface area (Å²) in [6.45, 7) is 1.65. The van der Waals surface area contributed by atoms with Crippen molar-refractivity contribution in [1.29, 1.82) is 0 Å². The molecule has 0 aromatic carbocycles. The van der Waals surface area contributed by atoms with E-state index >= 15 is 0 Å². The second kappa shape index (κ2) is 3.70. The molecule has 0 radical (unpaired) electrons. The molecular formula is C7H9N3O3. The van der Waals surface area contributed by atoms with Crippen LogP contribution in [0.3, 0.4) is 0 Å². The molecule has 0 aliphatic heterocycles. The Hall–Kier alpha value is -1.85. The summed E-state index contributed by atoms with van der Waals surface area (Å²) in [6.07, 6.45) is 1.01. The van der Waals surface area contributed by atoms with E-state index in [0.29, 0.717) is 11.4 Å². The van der Waals surface area contributed by atoms with E-state index < -0.39 is 11.8 Å². The summed E-state index contributed by atoms with van der Waals surface area (Å²) in [5.41, 5.74) is 5.27. The third kappa shape index (κ3) is 2.58. The molecule has 6 nitrogen and oxygen atoms in total. The average molecular weight is 183 g/mol. The largest absolute Gasteiger partial charge is 0.369 e. The molecule has 1 rings (SSSR count). The van der Waals surface area contributed by atoms with Crippen molar-refractivity contribution >= 4 is 17.5 Å². The lowest BCUT2D eigenvalue weighted by molar-refractivity contribution is -0.124. The van der Waals surface area contributed by atoms with E-state index in [-0.39, 0.29) is 6.42 Å². The van der Waals surface area contributed by atoms with E-state index in [1.165, 1.54) is 6.20 Å². The van der Waals surface area contributed by atoms with E-state index in [0.717, 1.165) is 0 Å². The van der Waals surface area contributed by atoms with Gasteiger partial charge in [-0.15, -0.1) is 0 Å². The summed E-state index contributed by atoms with van der Waals surface area (Å²) in [4.78, 5) is 21.3. The molecule has 1 aromatic heterocycles. The number of aromatic nitrogens is 1. The Balaban J connectivity index is 2.55. The van der Waals surface area contributed by atoms with E-state index in [9.17, 15) is 9.59 Å². The number of primary amides is 1. The molecule has 0 saturated carbocycles. The SMILES string of the molecule is Cc1oncc1NC(=O)CC(N)=O. The number of carbonyl (C=O) groups is 2. The molecule has 3 N–H and O–H groups in total. The molecule has 1 heterocycles. The van der Waals surface area contributed by atoms with E-state index in [1.807, 2.05) is 0 Å². The van der Waals surface area contributed by atoms with Gasteiger partial charge in [0.15, 0.2) is 5.76 Å². The second-order valence-electron chi connectivity index (χ2n) is 2.49. The Morgan fingerprint density at radius 3 is 2.85 bits per heavy atom. The van der Waals surface area contributed by atoms with Gasteiger partial charge in [-0.1, -0.05) is 5.16 Å². The highest BCUT2D eigenvalue weighted by atomic mass is 16.5. The van der Waals surface area contributed by atoms with Gasteiger partial charge < -0.3 is 15.6 Å². The maximum atomic E-state index is 11.0. The van der Waals surface area contributed by atoms with Crippen LogP contribution < -0.4 is 11.1 Å². The maximum absolute atomic E-state index is 11.0. The highest BCUT2D eigenvalue weighted by Crippen LogP contribution is 2.12. The van der Waals surface area contributed by atoms with Gasteiger partial charge in [-0.25, -0.2) is 0 Å². The van der Waals surface area contributed by atoms with Crippen molar-refractivity contribution < 1.29 is 14.1 Å². The molecule has 0 bridgehead atoms. The van der Waals surface area contributed by atoms with Crippen LogP contribution in [-0.2, 0) is 9.59 Å². The summed E-state index contributed by atoms with van der Waals surface area (Å²) in [5.74, 6) is -0.664. The van der Waals surface area contributed by atoms with Crippen molar-refractivity contribution in [3.8, 4) is 0 Å². The van der Waals surface area contributed by atoms with Gasteiger partial charge in [0.05, 0.1) is 6.20 Å². The van der Waals surface area contributed by atoms with Gasteiger partial charge in [0.25, 0.3) is 0 Å². The molecule has 0 fully saturated rings. The van der Waals surface area contributed by atoms with Crippen molar-refractivity contribution in [2.24, 2.45) is 5.73 Å². The molecular weight excluding hydrogens is 174 g/mol. The number of hydrogen-bond donors (Lipinski definition) is 2. The van der Waals surface area contributed by atoms with Gasteiger partial charge >= 0.3 is 0 Å². The topological polar surface area (TPSA) is 98.2 Å². The summed E-state index contributed by atoms with van der Waals surface area (Å²) >= 11 is 0. The van der Waals surface area contributed by atoms with E-state index in [4.69, 9.17) is 5.73 Å². The van der Waals surface area contributed by atoms with Crippen LogP contribution in [0.1, 0.15) is 12.2 Å². The van der Waals surface area contributed by atoms with Gasteiger partial charge in [-0.2, -0.15) is 0 Å². The summed E-state index contributed by atoms with van der Waals surface area (Å²) in [6, 6.07) is 0. The standard InChI is InChI=1S/C7H9N3O3/c1-4-5(3-9-13-4)10-7(12)2-6(8)11/h3H,2H2,1H3,(H2,8,11)(H,10,12). The van der Waals surface area contributed by atoms with Gasteiger partial charge in [0.1, 0.15) is 12.1 Å². The summed E-state index contributed by atoms with van der Waals surface area (Å²) in [7, 11) is 0. The predicted molar refractivity (Wildman–Crippen MR) is 43.7 cm³/mol. The van der Waals surface area contributed by atoms with Crippen LogP contribution in [0.25, 0.3) is 0 Å². The Morgan fingerprint density at radius 2 is 2.38 bits per heavy atom. The Bertz CT molecular complexity index is 331. The van der Waals surface area contributed by atoms with Crippen molar-refractivity contribution in [2.75, 3.05) is 5.32 Å². The fourth-order valence-corrected chi connectivity index (χ4v) is 0.771. The zero-order chi connectivity index (χ0) is 9.84. The molecule has 6 heteroatoms. The Morgan fingerprint density at radius 1 is 1.69 bits per heavy atom. The number of nitrogens with two attached hydrogens (primary N) is 1. The van der Waals surface area contributed by atoms with Gasteiger partial charge in [0.2, 0.25) is 11.8 Å². The number of rotatable bonds is 3. The first-order valence-corrected chi connectivity index (χ1v) is 3.59. The number of nitrogens with one attached hydrogen (secondary N) is 1. The molecule has 0 aliphatic carbocycles. The monoisotopic (exact) mass is 183 g/mol. The smallest absolute Gasteiger partial charge is 0.233 e. The molecule has 0 spiro atoms. The number of anilines is 1. The van der Waals surface area contributed by atoms with Crippen LogP contribution >= 0.6 is 0 Å². The lowest BCUT2D eigenvalue weighted by atomic mass is 10.3. The average Bonchev–Trinajstić information content (AvgIpc) is 2.34. The number of aryl methyl sites for hydroxylation is 1. The van der Waals surface area contributed by atoms with Crippen LogP contribution in [0.15, 0.2) is 10.7 Å². The summed E-state index contributed by atoms with van der Waals surface area (Å²) in [5, 5.41) is 5.87. The first-order valence-electron chi connectivity index (χ1n) is 3.59. The number of nitrogens with zero attached hydrogens (tertiary/aromatic N) is 1. The minimum Gasteiger partial charge on any atom is -0.369 e. The highest BCUT2D eigenvalue weighted by molar-refractivity contribution is 6.03. The molecule has 0 aliphatic rings. The molecule has 0 unspecified atom stereocenters. The van der Waals surface area contributed by atoms with Crippen molar-refractivity contribution in [3.63, 3.8) is 0 Å². The van der Waals surface area contributed by atoms with Crippen molar-refractivity contribution in [1.82, 2.24) is 5.16 Å². The van der Waals surface area contributed by atoms with Crippen LogP contribution in [0.4, 0.5) is 5.69 Å². The fourth-order valence-electron chi connectivity index (χ4n) is 0.771. The molecule has 0 saturated heterocycles. The maximum Gasteiger partial charge on any atom is 0.233 e. The molecule has 0 atom stereocenters. The molecule has 2 amide bonds. The molecule has 13 heavy (non-hydrogen) atoms. The van der Waals surface area contributed by atoms with Crippen molar-refractivity contribution in [2.45, 2.75) is 13.3 Å². The zero-order valence-corrected chi connectivity index (χ0v) is 7.03. The first-order chi connectivity index (χ1) is 6.09. The molecule has 70 valence electrons. The van der Waals surface area contributed by atoms with Gasteiger partial charge in [-0.05, 0) is 6.92 Å². The number of hydrogen-bond acceptors (Lipinski definition) is 4.